The van der Waals surface area contributed by atoms with Crippen LogP contribution in [0.1, 0.15) is 31.9 Å². The lowest BCUT2D eigenvalue weighted by atomic mass is 10.1. The normalized spacial score (nSPS) is 20.2. The van der Waals surface area contributed by atoms with Gasteiger partial charge in [0.2, 0.25) is 0 Å². The number of aryl methyl sites for hydroxylation is 1. The zero-order chi connectivity index (χ0) is 22.2. The van der Waals surface area contributed by atoms with E-state index >= 15 is 0 Å². The lowest BCUT2D eigenvalue weighted by Gasteiger charge is -2.35. The topological polar surface area (TPSA) is 86.1 Å². The molecule has 0 radical (unpaired) electrons. The van der Waals surface area contributed by atoms with Crippen molar-refractivity contribution >= 4 is 30.0 Å². The number of amides is 2. The average Bonchev–Trinajstić information content (AvgIpc) is 3.55. The van der Waals surface area contributed by atoms with Crippen molar-refractivity contribution in [1.82, 2.24) is 15.3 Å². The zero-order valence-corrected chi connectivity index (χ0v) is 18.5. The van der Waals surface area contributed by atoms with Gasteiger partial charge in [0.25, 0.3) is 0 Å². The minimum absolute atomic E-state index is 0.0656. The van der Waals surface area contributed by atoms with E-state index in [9.17, 15) is 4.79 Å². The lowest BCUT2D eigenvalue weighted by molar-refractivity contribution is 0.246. The van der Waals surface area contributed by atoms with Gasteiger partial charge in [-0.25, -0.2) is 14.8 Å². The molecule has 1 N–H and O–H groups in total. The Bertz CT molecular complexity index is 1130. The molecule has 5 rings (SSSR count). The highest BCUT2D eigenvalue weighted by molar-refractivity contribution is 5.98. The maximum absolute atomic E-state index is 13.5. The number of carbonyl (C=O) groups is 1. The van der Waals surface area contributed by atoms with E-state index < -0.39 is 0 Å². The summed E-state index contributed by atoms with van der Waals surface area (Å²) < 4.78 is 0. The van der Waals surface area contributed by atoms with Crippen LogP contribution in [0.25, 0.3) is 11.3 Å². The number of rotatable bonds is 5. The SMILES string of the molecule is C=N/C=C(\N=C(C)C1CC1)NC(=O)N1c2nc(-c3ccnc(C)c3)ccc2N2CC[C@H]1C2. The first kappa shape index (κ1) is 20.4. The Hall–Kier alpha value is -3.55. The Morgan fingerprint density at radius 3 is 2.88 bits per heavy atom. The minimum Gasteiger partial charge on any atom is -0.366 e. The number of anilines is 2. The molecule has 164 valence electrons. The maximum Gasteiger partial charge on any atom is 0.329 e. The van der Waals surface area contributed by atoms with Gasteiger partial charge in [0.1, 0.15) is 0 Å². The molecule has 0 spiro atoms. The number of fused-ring (bicyclic) bond motifs is 4. The molecule has 8 nitrogen and oxygen atoms in total. The van der Waals surface area contributed by atoms with Gasteiger partial charge in [0.15, 0.2) is 11.6 Å². The molecule has 8 heteroatoms. The molecule has 3 aliphatic rings. The third kappa shape index (κ3) is 3.88. The Morgan fingerprint density at radius 1 is 1.28 bits per heavy atom. The summed E-state index contributed by atoms with van der Waals surface area (Å²) in [4.78, 5) is 35.2. The van der Waals surface area contributed by atoms with Gasteiger partial charge < -0.3 is 4.90 Å². The van der Waals surface area contributed by atoms with Gasteiger partial charge in [-0.1, -0.05) is 0 Å². The molecule has 2 amide bonds. The fourth-order valence-corrected chi connectivity index (χ4v) is 4.46. The van der Waals surface area contributed by atoms with Crippen LogP contribution >= 0.6 is 0 Å². The number of urea groups is 1. The standard InChI is InChI=1S/C24H27N7O/c1-15-12-18(8-10-26-15)20-6-7-21-23(28-20)31(19-9-11-30(21)14-19)24(32)29-22(13-25-3)27-16(2)17-4-5-17/h6-8,10,12-13,17,19H,3-5,9,11,14H2,1-2H3,(H,29,32)/b22-13+,27-16?/t19-/m0/s1. The van der Waals surface area contributed by atoms with Crippen LogP contribution in [-0.2, 0) is 0 Å². The second kappa shape index (κ2) is 8.18. The first-order valence-corrected chi connectivity index (χ1v) is 11.0. The third-order valence-electron chi connectivity index (χ3n) is 6.28. The van der Waals surface area contributed by atoms with E-state index in [2.05, 4.69) is 38.0 Å². The second-order valence-electron chi connectivity index (χ2n) is 8.64. The molecule has 2 aliphatic heterocycles. The summed E-state index contributed by atoms with van der Waals surface area (Å²) in [6.45, 7) is 9.20. The summed E-state index contributed by atoms with van der Waals surface area (Å²) in [5, 5.41) is 2.95. The van der Waals surface area contributed by atoms with Crippen molar-refractivity contribution < 1.29 is 4.79 Å². The minimum atomic E-state index is -0.240. The largest absolute Gasteiger partial charge is 0.366 e. The van der Waals surface area contributed by atoms with E-state index in [4.69, 9.17) is 4.98 Å². The highest BCUT2D eigenvalue weighted by Gasteiger charge is 2.40. The molecule has 4 heterocycles. The van der Waals surface area contributed by atoms with Crippen molar-refractivity contribution in [3.8, 4) is 11.3 Å². The monoisotopic (exact) mass is 429 g/mol. The van der Waals surface area contributed by atoms with Crippen LogP contribution in [0, 0.1) is 12.8 Å². The molecule has 1 aliphatic carbocycles. The van der Waals surface area contributed by atoms with Crippen molar-refractivity contribution in [3.63, 3.8) is 0 Å². The maximum atomic E-state index is 13.5. The van der Waals surface area contributed by atoms with Crippen LogP contribution in [0.5, 0.6) is 0 Å². The molecular weight excluding hydrogens is 402 g/mol. The molecule has 2 aromatic rings. The first-order chi connectivity index (χ1) is 15.5. The summed E-state index contributed by atoms with van der Waals surface area (Å²) in [6.07, 6.45) is 6.48. The number of aliphatic imine (C=N–C) groups is 2. The van der Waals surface area contributed by atoms with E-state index in [1.807, 2.05) is 32.0 Å². The fourth-order valence-electron chi connectivity index (χ4n) is 4.46. The predicted molar refractivity (Wildman–Crippen MR) is 127 cm³/mol. The van der Waals surface area contributed by atoms with E-state index in [-0.39, 0.29) is 12.1 Å². The second-order valence-corrected chi connectivity index (χ2v) is 8.64. The van der Waals surface area contributed by atoms with Gasteiger partial charge >= 0.3 is 6.03 Å². The van der Waals surface area contributed by atoms with Crippen molar-refractivity contribution in [2.75, 3.05) is 22.9 Å². The number of hydrogen-bond donors (Lipinski definition) is 1. The van der Waals surface area contributed by atoms with Crippen molar-refractivity contribution in [3.05, 3.63) is 48.2 Å². The van der Waals surface area contributed by atoms with Crippen molar-refractivity contribution in [1.29, 1.82) is 0 Å². The van der Waals surface area contributed by atoms with Crippen LogP contribution in [0.4, 0.5) is 16.3 Å². The van der Waals surface area contributed by atoms with Crippen LogP contribution in [-0.4, -0.2) is 47.6 Å². The molecule has 32 heavy (non-hydrogen) atoms. The van der Waals surface area contributed by atoms with Crippen LogP contribution in [0.2, 0.25) is 0 Å². The molecule has 0 unspecified atom stereocenters. The number of nitrogens with zero attached hydrogens (tertiary/aromatic N) is 6. The van der Waals surface area contributed by atoms with E-state index in [0.717, 1.165) is 60.7 Å². The van der Waals surface area contributed by atoms with E-state index in [1.165, 1.54) is 6.20 Å². The van der Waals surface area contributed by atoms with Gasteiger partial charge in [-0.05, 0) is 70.0 Å². The smallest absolute Gasteiger partial charge is 0.329 e. The Kier molecular flexibility index (Phi) is 5.20. The van der Waals surface area contributed by atoms with Gasteiger partial charge in [0.05, 0.1) is 23.6 Å². The van der Waals surface area contributed by atoms with Crippen LogP contribution in [0.15, 0.2) is 52.5 Å². The number of nitrogens with one attached hydrogen (secondary N) is 1. The molecule has 1 saturated heterocycles. The molecule has 2 bridgehead atoms. The highest BCUT2D eigenvalue weighted by atomic mass is 16.2. The zero-order valence-electron chi connectivity index (χ0n) is 18.5. The van der Waals surface area contributed by atoms with Gasteiger partial charge in [-0.2, -0.15) is 0 Å². The lowest BCUT2D eigenvalue weighted by Crippen LogP contribution is -2.50. The van der Waals surface area contributed by atoms with Crippen LogP contribution in [0.3, 0.4) is 0 Å². The first-order valence-electron chi connectivity index (χ1n) is 11.0. The summed E-state index contributed by atoms with van der Waals surface area (Å²) in [7, 11) is 0. The number of hydrogen-bond acceptors (Lipinski definition) is 6. The quantitative estimate of drug-likeness (QED) is 0.730. The highest BCUT2D eigenvalue weighted by Crippen LogP contribution is 2.40. The average molecular weight is 430 g/mol. The predicted octanol–water partition coefficient (Wildman–Crippen LogP) is 3.93. The number of pyridine rings is 2. The van der Waals surface area contributed by atoms with E-state index in [1.54, 1.807) is 11.1 Å². The summed E-state index contributed by atoms with van der Waals surface area (Å²) >= 11 is 0. The van der Waals surface area contributed by atoms with E-state index in [0.29, 0.717) is 17.6 Å². The summed E-state index contributed by atoms with van der Waals surface area (Å²) in [5.41, 5.74) is 4.72. The molecular formula is C24H27N7O. The molecule has 1 saturated carbocycles. The third-order valence-corrected chi connectivity index (χ3v) is 6.28. The van der Waals surface area contributed by atoms with Gasteiger partial charge in [-0.3, -0.25) is 20.2 Å². The number of aromatic nitrogens is 2. The van der Waals surface area contributed by atoms with Gasteiger partial charge in [-0.15, -0.1) is 0 Å². The molecule has 0 aromatic carbocycles. The molecule has 2 aromatic heterocycles. The molecule has 1 atom stereocenters. The Balaban J connectivity index is 1.48. The number of carbonyl (C=O) groups excluding carboxylic acids is 1. The summed E-state index contributed by atoms with van der Waals surface area (Å²) in [5.74, 6) is 1.60. The van der Waals surface area contributed by atoms with Crippen molar-refractivity contribution in [2.24, 2.45) is 15.9 Å². The van der Waals surface area contributed by atoms with Crippen molar-refractivity contribution in [2.45, 2.75) is 39.2 Å². The molecule has 2 fully saturated rings. The Labute approximate surface area is 187 Å². The van der Waals surface area contributed by atoms with Gasteiger partial charge in [0, 0.05) is 36.3 Å². The summed E-state index contributed by atoms with van der Waals surface area (Å²) in [6, 6.07) is 7.84. The fraction of sp³-hybridized carbons (Fsp3) is 0.375. The Morgan fingerprint density at radius 2 is 2.12 bits per heavy atom. The van der Waals surface area contributed by atoms with Crippen LogP contribution < -0.4 is 15.1 Å².